The van der Waals surface area contributed by atoms with Crippen LogP contribution in [-0.4, -0.2) is 39.0 Å². The Morgan fingerprint density at radius 3 is 2.38 bits per heavy atom. The van der Waals surface area contributed by atoms with E-state index in [1.54, 1.807) is 6.92 Å². The molecule has 0 fully saturated rings. The van der Waals surface area contributed by atoms with Crippen LogP contribution in [0.2, 0.25) is 0 Å². The van der Waals surface area contributed by atoms with Crippen molar-refractivity contribution in [3.63, 3.8) is 0 Å². The van der Waals surface area contributed by atoms with Gasteiger partial charge >= 0.3 is 5.97 Å². The molecule has 0 heterocycles. The van der Waals surface area contributed by atoms with Crippen molar-refractivity contribution in [3.8, 4) is 0 Å². The van der Waals surface area contributed by atoms with Crippen LogP contribution in [0.4, 0.5) is 0 Å². The minimum absolute atomic E-state index is 0.0172. The predicted octanol–water partition coefficient (Wildman–Crippen LogP) is 0.993. The Labute approximate surface area is 79.2 Å². The lowest BCUT2D eigenvalue weighted by molar-refractivity contribution is -0.148. The number of esters is 1. The summed E-state index contributed by atoms with van der Waals surface area (Å²) in [5.74, 6) is -0.321. The van der Waals surface area contributed by atoms with E-state index in [1.165, 1.54) is 0 Å². The second-order valence-electron chi connectivity index (χ2n) is 2.47. The Kier molecular flexibility index (Phi) is 9.03. The third-order valence-electron chi connectivity index (χ3n) is 1.25. The summed E-state index contributed by atoms with van der Waals surface area (Å²) >= 11 is 0. The van der Waals surface area contributed by atoms with Gasteiger partial charge in [0.25, 0.3) is 0 Å². The molecule has 13 heavy (non-hydrogen) atoms. The van der Waals surface area contributed by atoms with Crippen molar-refractivity contribution in [2.24, 2.45) is 0 Å². The average molecular weight is 190 g/mol. The van der Waals surface area contributed by atoms with Gasteiger partial charge in [-0.25, -0.2) is 4.79 Å². The van der Waals surface area contributed by atoms with Crippen molar-refractivity contribution in [3.05, 3.63) is 0 Å². The molecular formula is C9H18O4. The van der Waals surface area contributed by atoms with Crippen LogP contribution >= 0.6 is 0 Å². The number of carbonyl (C=O) groups is 1. The number of rotatable bonds is 8. The van der Waals surface area contributed by atoms with Gasteiger partial charge in [0.2, 0.25) is 0 Å². The SMILES string of the molecule is CCCOCCOCC(=O)OCC. The molecule has 0 saturated heterocycles. The summed E-state index contributed by atoms with van der Waals surface area (Å²) in [6.45, 7) is 5.94. The molecule has 0 aliphatic rings. The smallest absolute Gasteiger partial charge is 0.332 e. The highest BCUT2D eigenvalue weighted by Gasteiger charge is 1.99. The molecule has 0 aromatic carbocycles. The fraction of sp³-hybridized carbons (Fsp3) is 0.889. The monoisotopic (exact) mass is 190 g/mol. The first-order valence-electron chi connectivity index (χ1n) is 4.62. The molecule has 0 unspecified atom stereocenters. The van der Waals surface area contributed by atoms with Gasteiger partial charge < -0.3 is 14.2 Å². The molecule has 0 radical (unpaired) electrons. The third-order valence-corrected chi connectivity index (χ3v) is 1.25. The van der Waals surface area contributed by atoms with Gasteiger partial charge in [0.1, 0.15) is 6.61 Å². The molecule has 0 aliphatic heterocycles. The van der Waals surface area contributed by atoms with Crippen molar-refractivity contribution in [1.82, 2.24) is 0 Å². The highest BCUT2D eigenvalue weighted by Crippen LogP contribution is 1.84. The summed E-state index contributed by atoms with van der Waals surface area (Å²) < 4.78 is 14.8. The average Bonchev–Trinajstić information content (AvgIpc) is 2.11. The van der Waals surface area contributed by atoms with Gasteiger partial charge in [-0.3, -0.25) is 0 Å². The van der Waals surface area contributed by atoms with E-state index in [0.717, 1.165) is 13.0 Å². The van der Waals surface area contributed by atoms with Crippen LogP contribution in [0.15, 0.2) is 0 Å². The number of ether oxygens (including phenoxy) is 3. The molecule has 0 spiro atoms. The molecule has 0 amide bonds. The second-order valence-corrected chi connectivity index (χ2v) is 2.47. The Hall–Kier alpha value is -0.610. The molecule has 0 N–H and O–H groups in total. The normalized spacial score (nSPS) is 10.0. The molecular weight excluding hydrogens is 172 g/mol. The summed E-state index contributed by atoms with van der Waals surface area (Å²) in [7, 11) is 0. The maximum Gasteiger partial charge on any atom is 0.332 e. The van der Waals surface area contributed by atoms with Crippen LogP contribution in [0, 0.1) is 0 Å². The molecule has 0 saturated carbocycles. The zero-order chi connectivity index (χ0) is 9.94. The zero-order valence-corrected chi connectivity index (χ0v) is 8.38. The van der Waals surface area contributed by atoms with E-state index in [4.69, 9.17) is 9.47 Å². The van der Waals surface area contributed by atoms with Crippen LogP contribution in [0.3, 0.4) is 0 Å². The van der Waals surface area contributed by atoms with Crippen LogP contribution in [-0.2, 0) is 19.0 Å². The molecule has 0 bridgehead atoms. The fourth-order valence-corrected chi connectivity index (χ4v) is 0.722. The highest BCUT2D eigenvalue weighted by atomic mass is 16.6. The molecule has 4 nitrogen and oxygen atoms in total. The Morgan fingerprint density at radius 2 is 1.77 bits per heavy atom. The number of hydrogen-bond donors (Lipinski definition) is 0. The van der Waals surface area contributed by atoms with Gasteiger partial charge in [-0.2, -0.15) is 0 Å². The third kappa shape index (κ3) is 9.30. The quantitative estimate of drug-likeness (QED) is 0.423. The lowest BCUT2D eigenvalue weighted by Crippen LogP contribution is -2.15. The highest BCUT2D eigenvalue weighted by molar-refractivity contribution is 5.70. The summed E-state index contributed by atoms with van der Waals surface area (Å²) in [4.78, 5) is 10.7. The second kappa shape index (κ2) is 9.48. The molecule has 0 rings (SSSR count). The fourth-order valence-electron chi connectivity index (χ4n) is 0.722. The van der Waals surface area contributed by atoms with E-state index in [0.29, 0.717) is 19.8 Å². The maximum atomic E-state index is 10.7. The summed E-state index contributed by atoms with van der Waals surface area (Å²) in [6, 6.07) is 0. The number of carbonyl (C=O) groups excluding carboxylic acids is 1. The van der Waals surface area contributed by atoms with E-state index < -0.39 is 0 Å². The van der Waals surface area contributed by atoms with Gasteiger partial charge in [0.05, 0.1) is 19.8 Å². The zero-order valence-electron chi connectivity index (χ0n) is 8.38. The first kappa shape index (κ1) is 12.4. The topological polar surface area (TPSA) is 44.8 Å². The Morgan fingerprint density at radius 1 is 1.08 bits per heavy atom. The van der Waals surface area contributed by atoms with Gasteiger partial charge in [-0.15, -0.1) is 0 Å². The van der Waals surface area contributed by atoms with Gasteiger partial charge in [-0.1, -0.05) is 6.92 Å². The Balaban J connectivity index is 3.02. The van der Waals surface area contributed by atoms with Crippen molar-refractivity contribution >= 4 is 5.97 Å². The van der Waals surface area contributed by atoms with Crippen LogP contribution in [0.25, 0.3) is 0 Å². The van der Waals surface area contributed by atoms with Crippen molar-refractivity contribution < 1.29 is 19.0 Å². The lowest BCUT2D eigenvalue weighted by atomic mass is 10.5. The molecule has 4 heteroatoms. The summed E-state index contributed by atoms with van der Waals surface area (Å²) in [6.07, 6.45) is 0.998. The molecule has 0 aromatic heterocycles. The minimum atomic E-state index is -0.321. The largest absolute Gasteiger partial charge is 0.464 e. The van der Waals surface area contributed by atoms with Gasteiger partial charge in [0, 0.05) is 6.61 Å². The van der Waals surface area contributed by atoms with E-state index >= 15 is 0 Å². The van der Waals surface area contributed by atoms with E-state index in [2.05, 4.69) is 4.74 Å². The predicted molar refractivity (Wildman–Crippen MR) is 48.6 cm³/mol. The number of hydrogen-bond acceptors (Lipinski definition) is 4. The summed E-state index contributed by atoms with van der Waals surface area (Å²) in [5, 5.41) is 0. The first-order chi connectivity index (χ1) is 6.31. The van der Waals surface area contributed by atoms with Gasteiger partial charge in [0.15, 0.2) is 0 Å². The van der Waals surface area contributed by atoms with Crippen molar-refractivity contribution in [2.45, 2.75) is 20.3 Å². The van der Waals surface area contributed by atoms with E-state index in [-0.39, 0.29) is 12.6 Å². The lowest BCUT2D eigenvalue weighted by Gasteiger charge is -2.04. The van der Waals surface area contributed by atoms with Crippen LogP contribution in [0.5, 0.6) is 0 Å². The van der Waals surface area contributed by atoms with Crippen molar-refractivity contribution in [1.29, 1.82) is 0 Å². The first-order valence-corrected chi connectivity index (χ1v) is 4.62. The van der Waals surface area contributed by atoms with Gasteiger partial charge in [-0.05, 0) is 13.3 Å². The van der Waals surface area contributed by atoms with E-state index in [1.807, 2.05) is 6.92 Å². The minimum Gasteiger partial charge on any atom is -0.464 e. The summed E-state index contributed by atoms with van der Waals surface area (Å²) in [5.41, 5.74) is 0. The standard InChI is InChI=1S/C9H18O4/c1-3-5-11-6-7-12-8-9(10)13-4-2/h3-8H2,1-2H3. The van der Waals surface area contributed by atoms with Crippen LogP contribution in [0.1, 0.15) is 20.3 Å². The van der Waals surface area contributed by atoms with Crippen molar-refractivity contribution in [2.75, 3.05) is 33.0 Å². The van der Waals surface area contributed by atoms with E-state index in [9.17, 15) is 4.79 Å². The molecule has 0 aliphatic carbocycles. The Bertz CT molecular complexity index is 125. The maximum absolute atomic E-state index is 10.7. The molecule has 78 valence electrons. The van der Waals surface area contributed by atoms with Crippen LogP contribution < -0.4 is 0 Å². The molecule has 0 atom stereocenters. The molecule has 0 aromatic rings.